The van der Waals surface area contributed by atoms with E-state index in [1.807, 2.05) is 0 Å². The lowest BCUT2D eigenvalue weighted by Crippen LogP contribution is -2.17. The van der Waals surface area contributed by atoms with Crippen LogP contribution < -0.4 is 5.32 Å². The normalized spacial score (nSPS) is 11.1. The zero-order valence-corrected chi connectivity index (χ0v) is 13.3. The Balaban J connectivity index is 1.84. The van der Waals surface area contributed by atoms with Crippen molar-refractivity contribution < 1.29 is 0 Å². The van der Waals surface area contributed by atoms with E-state index in [0.29, 0.717) is 0 Å². The lowest BCUT2D eigenvalue weighted by Gasteiger charge is -2.05. The maximum atomic E-state index is 3.50. The summed E-state index contributed by atoms with van der Waals surface area (Å²) >= 11 is 0. The first-order chi connectivity index (χ1) is 10.9. The van der Waals surface area contributed by atoms with Gasteiger partial charge in [-0.3, -0.25) is 0 Å². The minimum Gasteiger partial charge on any atom is -0.343 e. The molecule has 0 aliphatic heterocycles. The molecular formula is C20H24N2. The van der Waals surface area contributed by atoms with Crippen molar-refractivity contribution in [2.75, 3.05) is 13.1 Å². The molecule has 1 heterocycles. The van der Waals surface area contributed by atoms with Crippen molar-refractivity contribution in [2.24, 2.45) is 0 Å². The number of fused-ring (bicyclic) bond motifs is 1. The molecule has 0 saturated carbocycles. The largest absolute Gasteiger partial charge is 0.343 e. The fourth-order valence-corrected chi connectivity index (χ4v) is 2.96. The van der Waals surface area contributed by atoms with Gasteiger partial charge in [-0.25, -0.2) is 0 Å². The van der Waals surface area contributed by atoms with Gasteiger partial charge in [-0.2, -0.15) is 0 Å². The summed E-state index contributed by atoms with van der Waals surface area (Å²) in [6.45, 7) is 5.29. The summed E-state index contributed by atoms with van der Waals surface area (Å²) in [5.41, 5.74) is 4.12. The van der Waals surface area contributed by atoms with E-state index in [0.717, 1.165) is 26.1 Å². The topological polar surface area (TPSA) is 17.0 Å². The highest BCUT2D eigenvalue weighted by Crippen LogP contribution is 2.22. The van der Waals surface area contributed by atoms with Crippen LogP contribution in [0.2, 0.25) is 0 Å². The standard InChI is InChI=1S/C20H24N2/c1-2-13-21-14-12-18-16-22(15-17-8-4-3-5-9-17)20-11-7-6-10-19(18)20/h3-11,16,21H,2,12-15H2,1H3. The maximum absolute atomic E-state index is 3.50. The second-order valence-corrected chi connectivity index (χ2v) is 5.78. The molecule has 0 atom stereocenters. The van der Waals surface area contributed by atoms with Gasteiger partial charge in [0.15, 0.2) is 0 Å². The number of hydrogen-bond donors (Lipinski definition) is 1. The van der Waals surface area contributed by atoms with E-state index in [4.69, 9.17) is 0 Å². The molecule has 0 radical (unpaired) electrons. The number of rotatable bonds is 7. The first-order valence-corrected chi connectivity index (χ1v) is 8.20. The molecule has 3 rings (SSSR count). The van der Waals surface area contributed by atoms with Gasteiger partial charge in [0, 0.05) is 23.6 Å². The van der Waals surface area contributed by atoms with E-state index >= 15 is 0 Å². The number of nitrogens with one attached hydrogen (secondary N) is 1. The Morgan fingerprint density at radius 2 is 1.68 bits per heavy atom. The van der Waals surface area contributed by atoms with E-state index in [9.17, 15) is 0 Å². The van der Waals surface area contributed by atoms with Gasteiger partial charge in [-0.1, -0.05) is 55.5 Å². The Hall–Kier alpha value is -2.06. The van der Waals surface area contributed by atoms with Gasteiger partial charge in [0.2, 0.25) is 0 Å². The highest BCUT2D eigenvalue weighted by molar-refractivity contribution is 5.84. The second kappa shape index (κ2) is 7.28. The summed E-state index contributed by atoms with van der Waals surface area (Å²) in [5.74, 6) is 0. The lowest BCUT2D eigenvalue weighted by molar-refractivity contribution is 0.671. The van der Waals surface area contributed by atoms with Crippen molar-refractivity contribution in [1.82, 2.24) is 9.88 Å². The second-order valence-electron chi connectivity index (χ2n) is 5.78. The first-order valence-electron chi connectivity index (χ1n) is 8.20. The first kappa shape index (κ1) is 14.9. The molecule has 2 nitrogen and oxygen atoms in total. The van der Waals surface area contributed by atoms with E-state index < -0.39 is 0 Å². The lowest BCUT2D eigenvalue weighted by atomic mass is 10.1. The highest BCUT2D eigenvalue weighted by Gasteiger charge is 2.08. The van der Waals surface area contributed by atoms with Gasteiger partial charge in [0.25, 0.3) is 0 Å². The van der Waals surface area contributed by atoms with Gasteiger partial charge < -0.3 is 9.88 Å². The summed E-state index contributed by atoms with van der Waals surface area (Å²) in [6, 6.07) is 19.4. The summed E-state index contributed by atoms with van der Waals surface area (Å²) in [6.07, 6.45) is 4.60. The fourth-order valence-electron chi connectivity index (χ4n) is 2.96. The summed E-state index contributed by atoms with van der Waals surface area (Å²) < 4.78 is 2.37. The molecule has 0 saturated heterocycles. The SMILES string of the molecule is CCCNCCc1cn(Cc2ccccc2)c2ccccc12. The average Bonchev–Trinajstić information content (AvgIpc) is 2.91. The summed E-state index contributed by atoms with van der Waals surface area (Å²) in [5, 5.41) is 4.88. The molecule has 2 heteroatoms. The molecule has 2 aromatic carbocycles. The molecule has 3 aromatic rings. The molecule has 1 aromatic heterocycles. The highest BCUT2D eigenvalue weighted by atomic mass is 15.0. The van der Waals surface area contributed by atoms with E-state index in [1.165, 1.54) is 28.5 Å². The van der Waals surface area contributed by atoms with Crippen LogP contribution in [0.15, 0.2) is 60.8 Å². The third kappa shape index (κ3) is 3.40. The minimum atomic E-state index is 0.934. The van der Waals surface area contributed by atoms with E-state index in [2.05, 4.69) is 77.6 Å². The van der Waals surface area contributed by atoms with Crippen molar-refractivity contribution in [3.63, 3.8) is 0 Å². The van der Waals surface area contributed by atoms with Crippen LogP contribution in [0.5, 0.6) is 0 Å². The zero-order chi connectivity index (χ0) is 15.2. The quantitative estimate of drug-likeness (QED) is 0.645. The van der Waals surface area contributed by atoms with E-state index in [-0.39, 0.29) is 0 Å². The monoisotopic (exact) mass is 292 g/mol. The van der Waals surface area contributed by atoms with Crippen molar-refractivity contribution in [3.05, 3.63) is 71.9 Å². The van der Waals surface area contributed by atoms with Crippen LogP contribution in [0.1, 0.15) is 24.5 Å². The molecule has 0 unspecified atom stereocenters. The number of hydrogen-bond acceptors (Lipinski definition) is 1. The average molecular weight is 292 g/mol. The van der Waals surface area contributed by atoms with Crippen LogP contribution in [0.25, 0.3) is 10.9 Å². The molecule has 0 aliphatic carbocycles. The van der Waals surface area contributed by atoms with E-state index in [1.54, 1.807) is 0 Å². The number of para-hydroxylation sites is 1. The molecule has 0 fully saturated rings. The molecule has 0 bridgehead atoms. The molecular weight excluding hydrogens is 268 g/mol. The Bertz CT molecular complexity index is 713. The summed E-state index contributed by atoms with van der Waals surface area (Å²) in [4.78, 5) is 0. The number of benzene rings is 2. The van der Waals surface area contributed by atoms with Crippen LogP contribution in [-0.4, -0.2) is 17.7 Å². The van der Waals surface area contributed by atoms with Crippen LogP contribution in [-0.2, 0) is 13.0 Å². The van der Waals surface area contributed by atoms with Crippen molar-refractivity contribution in [2.45, 2.75) is 26.3 Å². The maximum Gasteiger partial charge on any atom is 0.0486 e. The van der Waals surface area contributed by atoms with Crippen LogP contribution in [0.3, 0.4) is 0 Å². The molecule has 114 valence electrons. The van der Waals surface area contributed by atoms with Gasteiger partial charge in [-0.05, 0) is 43.1 Å². The zero-order valence-electron chi connectivity index (χ0n) is 13.3. The van der Waals surface area contributed by atoms with Gasteiger partial charge in [0.1, 0.15) is 0 Å². The van der Waals surface area contributed by atoms with Crippen LogP contribution in [0.4, 0.5) is 0 Å². The Labute approximate surface area is 132 Å². The molecule has 0 amide bonds. The fraction of sp³-hybridized carbons (Fsp3) is 0.300. The number of nitrogens with zero attached hydrogens (tertiary/aromatic N) is 1. The van der Waals surface area contributed by atoms with Gasteiger partial charge in [-0.15, -0.1) is 0 Å². The third-order valence-corrected chi connectivity index (χ3v) is 4.06. The van der Waals surface area contributed by atoms with Crippen molar-refractivity contribution in [3.8, 4) is 0 Å². The van der Waals surface area contributed by atoms with Crippen molar-refractivity contribution >= 4 is 10.9 Å². The molecule has 22 heavy (non-hydrogen) atoms. The van der Waals surface area contributed by atoms with Crippen LogP contribution >= 0.6 is 0 Å². The minimum absolute atomic E-state index is 0.934. The predicted octanol–water partition coefficient (Wildman–Crippen LogP) is 4.23. The van der Waals surface area contributed by atoms with Crippen LogP contribution in [0, 0.1) is 0 Å². The number of aromatic nitrogens is 1. The molecule has 0 aliphatic rings. The molecule has 1 N–H and O–H groups in total. The Morgan fingerprint density at radius 3 is 2.50 bits per heavy atom. The van der Waals surface area contributed by atoms with Crippen molar-refractivity contribution in [1.29, 1.82) is 0 Å². The van der Waals surface area contributed by atoms with Gasteiger partial charge in [0.05, 0.1) is 0 Å². The summed E-state index contributed by atoms with van der Waals surface area (Å²) in [7, 11) is 0. The third-order valence-electron chi connectivity index (χ3n) is 4.06. The Kier molecular flexibility index (Phi) is 4.92. The Morgan fingerprint density at radius 1 is 0.909 bits per heavy atom. The molecule has 0 spiro atoms. The van der Waals surface area contributed by atoms with Gasteiger partial charge >= 0.3 is 0 Å². The predicted molar refractivity (Wildman–Crippen MR) is 94.3 cm³/mol. The smallest absolute Gasteiger partial charge is 0.0486 e.